The fourth-order valence-electron chi connectivity index (χ4n) is 2.55. The molecule has 0 saturated carbocycles. The van der Waals surface area contributed by atoms with Crippen LogP contribution in [0.1, 0.15) is 36.7 Å². The van der Waals surface area contributed by atoms with Crippen LogP contribution in [0, 0.1) is 5.92 Å². The van der Waals surface area contributed by atoms with Gasteiger partial charge in [-0.05, 0) is 43.2 Å². The Morgan fingerprint density at radius 1 is 1.07 bits per heavy atom. The maximum Gasteiger partial charge on any atom is 0.416 e. The lowest BCUT2D eigenvalue weighted by Gasteiger charge is -2.24. The second-order valence-electron chi connectivity index (χ2n) is 6.68. The summed E-state index contributed by atoms with van der Waals surface area (Å²) in [6.07, 6.45) is -4.50. The van der Waals surface area contributed by atoms with E-state index in [1.165, 1.54) is 13.0 Å². The van der Waals surface area contributed by atoms with Gasteiger partial charge in [-0.3, -0.25) is 9.59 Å². The molecule has 0 aliphatic heterocycles. The van der Waals surface area contributed by atoms with Gasteiger partial charge >= 0.3 is 6.18 Å². The van der Waals surface area contributed by atoms with E-state index in [-0.39, 0.29) is 22.4 Å². The van der Waals surface area contributed by atoms with Crippen LogP contribution >= 0.6 is 11.6 Å². The van der Waals surface area contributed by atoms with E-state index in [0.29, 0.717) is 11.3 Å². The number of hydrogen-bond acceptors (Lipinski definition) is 3. The number of Topliss-reactive ketones (excluding diaryl/α,β-unsaturated/α-hetero) is 1. The van der Waals surface area contributed by atoms with Gasteiger partial charge in [0.1, 0.15) is 6.04 Å². The number of anilines is 2. The van der Waals surface area contributed by atoms with Gasteiger partial charge in [0.15, 0.2) is 5.78 Å². The summed E-state index contributed by atoms with van der Waals surface area (Å²) in [7, 11) is 0. The van der Waals surface area contributed by atoms with Crippen LogP contribution in [0.2, 0.25) is 5.02 Å². The van der Waals surface area contributed by atoms with Gasteiger partial charge in [0.2, 0.25) is 5.91 Å². The molecule has 0 fully saturated rings. The van der Waals surface area contributed by atoms with Gasteiger partial charge in [-0.2, -0.15) is 13.2 Å². The Morgan fingerprint density at radius 3 is 2.29 bits per heavy atom. The predicted molar refractivity (Wildman–Crippen MR) is 104 cm³/mol. The van der Waals surface area contributed by atoms with Crippen LogP contribution in [-0.4, -0.2) is 17.7 Å². The van der Waals surface area contributed by atoms with E-state index < -0.39 is 23.7 Å². The largest absolute Gasteiger partial charge is 0.416 e. The fourth-order valence-corrected chi connectivity index (χ4v) is 2.78. The first kappa shape index (κ1) is 21.8. The second kappa shape index (κ2) is 8.65. The van der Waals surface area contributed by atoms with Gasteiger partial charge in [0, 0.05) is 11.3 Å². The monoisotopic (exact) mass is 412 g/mol. The van der Waals surface area contributed by atoms with E-state index in [2.05, 4.69) is 10.6 Å². The van der Waals surface area contributed by atoms with Crippen molar-refractivity contribution in [3.63, 3.8) is 0 Å². The Kier molecular flexibility index (Phi) is 6.72. The molecule has 1 atom stereocenters. The van der Waals surface area contributed by atoms with Crippen molar-refractivity contribution in [1.29, 1.82) is 0 Å². The summed E-state index contributed by atoms with van der Waals surface area (Å²) < 4.78 is 38.3. The normalized spacial score (nSPS) is 12.6. The van der Waals surface area contributed by atoms with Crippen LogP contribution in [0.25, 0.3) is 0 Å². The molecule has 0 bridgehead atoms. The quantitative estimate of drug-likeness (QED) is 0.604. The summed E-state index contributed by atoms with van der Waals surface area (Å²) in [6.45, 7) is 5.01. The number of benzene rings is 2. The lowest BCUT2D eigenvalue weighted by molar-refractivity contribution is -0.137. The van der Waals surface area contributed by atoms with E-state index >= 15 is 0 Å². The third kappa shape index (κ3) is 5.48. The van der Waals surface area contributed by atoms with Crippen LogP contribution in [-0.2, 0) is 11.0 Å². The van der Waals surface area contributed by atoms with Crippen molar-refractivity contribution in [1.82, 2.24) is 0 Å². The molecule has 0 spiro atoms. The molecule has 4 nitrogen and oxygen atoms in total. The maximum atomic E-state index is 12.8. The SMILES string of the molecule is CC(=O)c1cccc(NC(=O)[C@@H](Nc2ccc(C(F)(F)F)cc2Cl)C(C)C)c1. The van der Waals surface area contributed by atoms with Crippen molar-refractivity contribution in [3.05, 3.63) is 58.6 Å². The number of halogens is 4. The number of nitrogens with one attached hydrogen (secondary N) is 2. The summed E-state index contributed by atoms with van der Waals surface area (Å²) in [4.78, 5) is 24.2. The van der Waals surface area contributed by atoms with E-state index in [0.717, 1.165) is 12.1 Å². The standard InChI is InChI=1S/C20H20ClF3N2O2/c1-11(2)18(19(28)25-15-6-4-5-13(9-15)12(3)27)26-17-8-7-14(10-16(17)21)20(22,23)24/h4-11,18,26H,1-3H3,(H,25,28)/t18-/m0/s1. The van der Waals surface area contributed by atoms with Crippen molar-refractivity contribution < 1.29 is 22.8 Å². The molecule has 0 unspecified atom stereocenters. The number of ketones is 1. The molecular formula is C20H20ClF3N2O2. The third-order valence-corrected chi connectivity index (χ3v) is 4.41. The highest BCUT2D eigenvalue weighted by molar-refractivity contribution is 6.33. The first-order valence-electron chi connectivity index (χ1n) is 8.54. The van der Waals surface area contributed by atoms with Crippen molar-refractivity contribution in [2.45, 2.75) is 33.0 Å². The molecule has 0 radical (unpaired) electrons. The molecule has 0 saturated heterocycles. The zero-order valence-electron chi connectivity index (χ0n) is 15.5. The second-order valence-corrected chi connectivity index (χ2v) is 7.09. The zero-order valence-corrected chi connectivity index (χ0v) is 16.3. The molecule has 0 aliphatic carbocycles. The first-order chi connectivity index (χ1) is 13.0. The van der Waals surface area contributed by atoms with E-state index in [1.54, 1.807) is 38.1 Å². The van der Waals surface area contributed by atoms with Crippen LogP contribution < -0.4 is 10.6 Å². The average molecular weight is 413 g/mol. The Morgan fingerprint density at radius 2 is 1.75 bits per heavy atom. The van der Waals surface area contributed by atoms with Gasteiger partial charge < -0.3 is 10.6 Å². The molecule has 1 amide bonds. The molecule has 150 valence electrons. The Hall–Kier alpha value is -2.54. The summed E-state index contributed by atoms with van der Waals surface area (Å²) in [6, 6.07) is 8.65. The first-order valence-corrected chi connectivity index (χ1v) is 8.92. The highest BCUT2D eigenvalue weighted by atomic mass is 35.5. The third-order valence-electron chi connectivity index (χ3n) is 4.09. The molecular weight excluding hydrogens is 393 g/mol. The Labute approximate surface area is 166 Å². The Balaban J connectivity index is 2.20. The summed E-state index contributed by atoms with van der Waals surface area (Å²) in [5.41, 5.74) is 0.261. The number of carbonyl (C=O) groups is 2. The zero-order chi connectivity index (χ0) is 21.1. The lowest BCUT2D eigenvalue weighted by atomic mass is 10.0. The van der Waals surface area contributed by atoms with Gasteiger partial charge in [-0.15, -0.1) is 0 Å². The number of hydrogen-bond donors (Lipinski definition) is 2. The van der Waals surface area contributed by atoms with Crippen LogP contribution in [0.3, 0.4) is 0 Å². The van der Waals surface area contributed by atoms with Crippen molar-refractivity contribution in [3.8, 4) is 0 Å². The van der Waals surface area contributed by atoms with Gasteiger partial charge in [-0.25, -0.2) is 0 Å². The molecule has 28 heavy (non-hydrogen) atoms. The molecule has 2 aromatic carbocycles. The highest BCUT2D eigenvalue weighted by Crippen LogP contribution is 2.34. The van der Waals surface area contributed by atoms with E-state index in [9.17, 15) is 22.8 Å². The summed E-state index contributed by atoms with van der Waals surface area (Å²) in [5, 5.41) is 5.49. The van der Waals surface area contributed by atoms with Gasteiger partial charge in [0.25, 0.3) is 0 Å². The molecule has 2 N–H and O–H groups in total. The van der Waals surface area contributed by atoms with E-state index in [4.69, 9.17) is 11.6 Å². The number of carbonyl (C=O) groups excluding carboxylic acids is 2. The minimum Gasteiger partial charge on any atom is -0.372 e. The maximum absolute atomic E-state index is 12.8. The van der Waals surface area contributed by atoms with Crippen molar-refractivity contribution in [2.24, 2.45) is 5.92 Å². The van der Waals surface area contributed by atoms with Crippen molar-refractivity contribution in [2.75, 3.05) is 10.6 Å². The molecule has 0 aromatic heterocycles. The molecule has 0 aliphatic rings. The molecule has 8 heteroatoms. The smallest absolute Gasteiger partial charge is 0.372 e. The minimum absolute atomic E-state index is 0.133. The number of rotatable bonds is 6. The lowest BCUT2D eigenvalue weighted by Crippen LogP contribution is -2.39. The highest BCUT2D eigenvalue weighted by Gasteiger charge is 2.31. The molecule has 2 rings (SSSR count). The van der Waals surface area contributed by atoms with Gasteiger partial charge in [-0.1, -0.05) is 37.6 Å². The summed E-state index contributed by atoms with van der Waals surface area (Å²) in [5.74, 6) is -0.716. The molecule has 0 heterocycles. The summed E-state index contributed by atoms with van der Waals surface area (Å²) >= 11 is 5.97. The average Bonchev–Trinajstić information content (AvgIpc) is 2.59. The predicted octanol–water partition coefficient (Wildman–Crippen LogP) is 5.64. The van der Waals surface area contributed by atoms with Crippen LogP contribution in [0.5, 0.6) is 0 Å². The van der Waals surface area contributed by atoms with Crippen molar-refractivity contribution >= 4 is 34.7 Å². The topological polar surface area (TPSA) is 58.2 Å². The number of alkyl halides is 3. The van der Waals surface area contributed by atoms with E-state index in [1.807, 2.05) is 0 Å². The van der Waals surface area contributed by atoms with Gasteiger partial charge in [0.05, 0.1) is 16.3 Å². The molecule has 2 aromatic rings. The fraction of sp³-hybridized carbons (Fsp3) is 0.300. The minimum atomic E-state index is -4.50. The Bertz CT molecular complexity index is 882. The van der Waals surface area contributed by atoms with Crippen LogP contribution in [0.4, 0.5) is 24.5 Å². The van der Waals surface area contributed by atoms with Crippen LogP contribution in [0.15, 0.2) is 42.5 Å². The number of amides is 1.